The maximum Gasteiger partial charge on any atom is 0.267 e. The third kappa shape index (κ3) is 4.26. The van der Waals surface area contributed by atoms with E-state index >= 15 is 0 Å². The van der Waals surface area contributed by atoms with E-state index in [1.54, 1.807) is 28.9 Å². The Bertz CT molecular complexity index is 1140. The first-order valence-electron chi connectivity index (χ1n) is 10.6. The van der Waals surface area contributed by atoms with Crippen LogP contribution in [-0.2, 0) is 19.6 Å². The summed E-state index contributed by atoms with van der Waals surface area (Å²) in [4.78, 5) is 30.8. The molecule has 1 aromatic heterocycles. The molecule has 1 unspecified atom stereocenters. The SMILES string of the molecule is Cc1cc(S(=O)(=O)N2CCN(C(=O)CCN3C(=O)C(C)Oc4ccccc43)CC2)c(C)s1. The first-order chi connectivity index (χ1) is 15.2. The summed E-state index contributed by atoms with van der Waals surface area (Å²) in [5, 5.41) is 0. The summed E-state index contributed by atoms with van der Waals surface area (Å²) in [6.07, 6.45) is -0.430. The normalized spacial score (nSPS) is 19.6. The number of nitrogens with zero attached hydrogens (tertiary/aromatic N) is 3. The van der Waals surface area contributed by atoms with Crippen molar-refractivity contribution >= 4 is 38.9 Å². The first kappa shape index (κ1) is 22.8. The van der Waals surface area contributed by atoms with E-state index in [9.17, 15) is 18.0 Å². The van der Waals surface area contributed by atoms with Crippen LogP contribution in [0, 0.1) is 13.8 Å². The lowest BCUT2D eigenvalue weighted by Crippen LogP contribution is -2.51. The van der Waals surface area contributed by atoms with E-state index in [0.717, 1.165) is 9.75 Å². The second-order valence-electron chi connectivity index (χ2n) is 8.03. The summed E-state index contributed by atoms with van der Waals surface area (Å²) in [7, 11) is -3.56. The number of rotatable bonds is 5. The van der Waals surface area contributed by atoms with Gasteiger partial charge in [0.15, 0.2) is 6.10 Å². The number of carbonyl (C=O) groups excluding carboxylic acids is 2. The van der Waals surface area contributed by atoms with Gasteiger partial charge in [-0.1, -0.05) is 12.1 Å². The van der Waals surface area contributed by atoms with Gasteiger partial charge in [-0.3, -0.25) is 9.59 Å². The second-order valence-corrected chi connectivity index (χ2v) is 11.4. The maximum atomic E-state index is 13.0. The third-order valence-corrected chi connectivity index (χ3v) is 8.95. The molecule has 0 saturated carbocycles. The number of hydrogen-bond donors (Lipinski definition) is 0. The van der Waals surface area contributed by atoms with Crippen LogP contribution in [0.2, 0.25) is 0 Å². The van der Waals surface area contributed by atoms with Gasteiger partial charge in [0.1, 0.15) is 5.75 Å². The third-order valence-electron chi connectivity index (χ3n) is 5.83. The van der Waals surface area contributed by atoms with Crippen LogP contribution in [-0.4, -0.2) is 68.3 Å². The highest BCUT2D eigenvalue weighted by Crippen LogP contribution is 2.34. The molecule has 1 atom stereocenters. The van der Waals surface area contributed by atoms with Gasteiger partial charge in [-0.25, -0.2) is 8.42 Å². The van der Waals surface area contributed by atoms with Gasteiger partial charge in [0.25, 0.3) is 5.91 Å². The molecule has 0 aliphatic carbocycles. The molecule has 4 rings (SSSR count). The zero-order valence-electron chi connectivity index (χ0n) is 18.4. The lowest BCUT2D eigenvalue weighted by Gasteiger charge is -2.35. The summed E-state index contributed by atoms with van der Waals surface area (Å²) >= 11 is 1.47. The average molecular weight is 478 g/mol. The molecule has 10 heteroatoms. The van der Waals surface area contributed by atoms with E-state index in [4.69, 9.17) is 4.74 Å². The highest BCUT2D eigenvalue weighted by Gasteiger charge is 2.34. The van der Waals surface area contributed by atoms with E-state index in [1.165, 1.54) is 15.6 Å². The van der Waals surface area contributed by atoms with Crippen LogP contribution < -0.4 is 9.64 Å². The molecule has 0 N–H and O–H groups in total. The molecular weight excluding hydrogens is 450 g/mol. The number of piperazine rings is 1. The Kier molecular flexibility index (Phi) is 6.28. The number of carbonyl (C=O) groups is 2. The average Bonchev–Trinajstić information content (AvgIpc) is 3.12. The van der Waals surface area contributed by atoms with E-state index in [0.29, 0.717) is 29.4 Å². The van der Waals surface area contributed by atoms with Crippen LogP contribution >= 0.6 is 11.3 Å². The van der Waals surface area contributed by atoms with Crippen molar-refractivity contribution in [2.24, 2.45) is 0 Å². The number of fused-ring (bicyclic) bond motifs is 1. The summed E-state index contributed by atoms with van der Waals surface area (Å²) in [6, 6.07) is 9.00. The predicted octanol–water partition coefficient (Wildman–Crippen LogP) is 2.40. The van der Waals surface area contributed by atoms with Crippen LogP contribution in [0.25, 0.3) is 0 Å². The Hall–Kier alpha value is -2.43. The fourth-order valence-electron chi connectivity index (χ4n) is 4.14. The number of para-hydroxylation sites is 2. The Labute approximate surface area is 192 Å². The molecule has 2 amide bonds. The minimum Gasteiger partial charge on any atom is -0.479 e. The number of thiophene rings is 1. The van der Waals surface area contributed by atoms with Gasteiger partial charge in [0.2, 0.25) is 15.9 Å². The molecule has 172 valence electrons. The van der Waals surface area contributed by atoms with Crippen molar-refractivity contribution in [1.82, 2.24) is 9.21 Å². The van der Waals surface area contributed by atoms with Crippen LogP contribution in [0.15, 0.2) is 35.2 Å². The molecule has 1 aromatic carbocycles. The molecule has 2 aromatic rings. The zero-order chi connectivity index (χ0) is 23.0. The molecule has 0 bridgehead atoms. The van der Waals surface area contributed by atoms with Crippen LogP contribution in [0.5, 0.6) is 5.75 Å². The van der Waals surface area contributed by atoms with Crippen LogP contribution in [0.1, 0.15) is 23.1 Å². The zero-order valence-corrected chi connectivity index (χ0v) is 20.0. The van der Waals surface area contributed by atoms with Gasteiger partial charge < -0.3 is 14.5 Å². The predicted molar refractivity (Wildman–Crippen MR) is 123 cm³/mol. The highest BCUT2D eigenvalue weighted by atomic mass is 32.2. The molecule has 0 spiro atoms. The van der Waals surface area contributed by atoms with Crippen molar-refractivity contribution < 1.29 is 22.7 Å². The number of ether oxygens (including phenoxy) is 1. The molecule has 1 saturated heterocycles. The van der Waals surface area contributed by atoms with Crippen molar-refractivity contribution in [1.29, 1.82) is 0 Å². The maximum absolute atomic E-state index is 13.0. The van der Waals surface area contributed by atoms with Crippen LogP contribution in [0.3, 0.4) is 0 Å². The quantitative estimate of drug-likeness (QED) is 0.660. The van der Waals surface area contributed by atoms with E-state index < -0.39 is 16.1 Å². The topological polar surface area (TPSA) is 87.2 Å². The minimum absolute atomic E-state index is 0.0889. The van der Waals surface area contributed by atoms with Crippen molar-refractivity contribution in [2.75, 3.05) is 37.6 Å². The lowest BCUT2D eigenvalue weighted by atomic mass is 10.1. The number of aryl methyl sites for hydroxylation is 2. The molecule has 3 heterocycles. The second kappa shape index (κ2) is 8.84. The summed E-state index contributed by atoms with van der Waals surface area (Å²) in [5.74, 6) is 0.368. The molecule has 32 heavy (non-hydrogen) atoms. The number of benzene rings is 1. The fourth-order valence-corrected chi connectivity index (χ4v) is 7.08. The summed E-state index contributed by atoms with van der Waals surface area (Å²) < 4.78 is 33.1. The van der Waals surface area contributed by atoms with E-state index in [2.05, 4.69) is 0 Å². The Morgan fingerprint density at radius 3 is 2.50 bits per heavy atom. The fraction of sp³-hybridized carbons (Fsp3) is 0.455. The number of hydrogen-bond acceptors (Lipinski definition) is 6. The van der Waals surface area contributed by atoms with Gasteiger partial charge in [0.05, 0.1) is 10.6 Å². The standard InChI is InChI=1S/C22H27N3O5S2/c1-15-14-20(17(3)31-15)32(28,29)24-12-10-23(11-13-24)21(26)8-9-25-18-6-4-5-7-19(18)30-16(2)22(25)27/h4-7,14,16H,8-13H2,1-3H3. The molecule has 2 aliphatic rings. The van der Waals surface area contributed by atoms with Gasteiger partial charge in [-0.05, 0) is 39.0 Å². The number of anilines is 1. The largest absolute Gasteiger partial charge is 0.479 e. The Morgan fingerprint density at radius 2 is 1.84 bits per heavy atom. The van der Waals surface area contributed by atoms with Gasteiger partial charge in [0, 0.05) is 48.9 Å². The minimum atomic E-state index is -3.56. The smallest absolute Gasteiger partial charge is 0.267 e. The van der Waals surface area contributed by atoms with E-state index in [1.807, 2.05) is 32.0 Å². The van der Waals surface area contributed by atoms with Gasteiger partial charge >= 0.3 is 0 Å². The van der Waals surface area contributed by atoms with Crippen molar-refractivity contribution in [3.05, 3.63) is 40.1 Å². The van der Waals surface area contributed by atoms with Crippen LogP contribution in [0.4, 0.5) is 5.69 Å². The molecular formula is C22H27N3O5S2. The molecule has 8 nitrogen and oxygen atoms in total. The summed E-state index contributed by atoms with van der Waals surface area (Å²) in [6.45, 7) is 6.87. The van der Waals surface area contributed by atoms with E-state index in [-0.39, 0.29) is 37.9 Å². The molecule has 2 aliphatic heterocycles. The van der Waals surface area contributed by atoms with Crippen molar-refractivity contribution in [3.63, 3.8) is 0 Å². The summed E-state index contributed by atoms with van der Waals surface area (Å²) in [5.41, 5.74) is 0.667. The van der Waals surface area contributed by atoms with Gasteiger partial charge in [-0.15, -0.1) is 11.3 Å². The van der Waals surface area contributed by atoms with Crippen molar-refractivity contribution in [2.45, 2.75) is 38.2 Å². The van der Waals surface area contributed by atoms with Gasteiger partial charge in [-0.2, -0.15) is 4.31 Å². The number of sulfonamides is 1. The number of amides is 2. The lowest BCUT2D eigenvalue weighted by molar-refractivity contribution is -0.132. The Balaban J connectivity index is 1.36. The molecule has 1 fully saturated rings. The Morgan fingerprint density at radius 1 is 1.16 bits per heavy atom. The monoisotopic (exact) mass is 477 g/mol. The van der Waals surface area contributed by atoms with Crippen molar-refractivity contribution in [3.8, 4) is 5.75 Å². The highest BCUT2D eigenvalue weighted by molar-refractivity contribution is 7.89. The molecule has 0 radical (unpaired) electrons. The first-order valence-corrected chi connectivity index (χ1v) is 12.9.